The van der Waals surface area contributed by atoms with E-state index in [0.717, 1.165) is 4.90 Å². The number of amides is 1. The van der Waals surface area contributed by atoms with E-state index in [1.54, 1.807) is 6.92 Å². The highest BCUT2D eigenvalue weighted by Gasteiger charge is 2.19. The Balaban J connectivity index is 0. The summed E-state index contributed by atoms with van der Waals surface area (Å²) in [5.74, 6) is -5.10. The van der Waals surface area contributed by atoms with Crippen LogP contribution in [0, 0.1) is 0 Å². The predicted molar refractivity (Wildman–Crippen MR) is 105 cm³/mol. The molecule has 0 aromatic rings. The van der Waals surface area contributed by atoms with Crippen LogP contribution in [0.3, 0.4) is 0 Å². The Bertz CT molecular complexity index is 570. The van der Waals surface area contributed by atoms with Crippen LogP contribution in [0.1, 0.15) is 14.4 Å². The molecule has 0 aromatic heterocycles. The highest BCUT2D eigenvalue weighted by Crippen LogP contribution is 1.97. The maximum atomic E-state index is 11.7. The van der Waals surface area contributed by atoms with Crippen LogP contribution >= 0.6 is 0 Å². The van der Waals surface area contributed by atoms with Crippen molar-refractivity contribution >= 4 is 29.8 Å². The van der Waals surface area contributed by atoms with Crippen molar-refractivity contribution in [3.05, 3.63) is 0 Å². The lowest BCUT2D eigenvalue weighted by molar-refractivity contribution is -0.143. The number of hydrogen-bond donors (Lipinski definition) is 5. The molecular weight excluding hydrogens is 404 g/mol. The summed E-state index contributed by atoms with van der Waals surface area (Å²) < 4.78 is 0. The molecule has 0 saturated carbocycles. The summed E-state index contributed by atoms with van der Waals surface area (Å²) in [4.78, 5) is 59.4. The van der Waals surface area contributed by atoms with E-state index in [1.165, 1.54) is 9.80 Å². The molecule has 13 nitrogen and oxygen atoms in total. The van der Waals surface area contributed by atoms with E-state index in [2.05, 4.69) is 5.32 Å². The van der Waals surface area contributed by atoms with Crippen LogP contribution in [-0.4, -0.2) is 130 Å². The average Bonchev–Trinajstić information content (AvgIpc) is 2.55. The second kappa shape index (κ2) is 16.1. The Morgan fingerprint density at radius 3 is 1.23 bits per heavy atom. The van der Waals surface area contributed by atoms with Gasteiger partial charge in [-0.25, -0.2) is 0 Å². The maximum absolute atomic E-state index is 11.7. The molecular formula is C17H32N4O9. The van der Waals surface area contributed by atoms with Gasteiger partial charge in [-0.05, 0) is 6.92 Å². The highest BCUT2D eigenvalue weighted by molar-refractivity contribution is 5.79. The Kier molecular flexibility index (Phi) is 15.8. The van der Waals surface area contributed by atoms with Gasteiger partial charge < -0.3 is 25.7 Å². The zero-order valence-electron chi connectivity index (χ0n) is 16.2. The number of carbonyl (C=O) groups is 5. The van der Waals surface area contributed by atoms with Crippen LogP contribution in [0.25, 0.3) is 0 Å². The molecule has 0 saturated heterocycles. The van der Waals surface area contributed by atoms with Crippen molar-refractivity contribution in [2.75, 3.05) is 65.4 Å². The van der Waals surface area contributed by atoms with Crippen LogP contribution < -0.4 is 5.32 Å². The van der Waals surface area contributed by atoms with E-state index in [-0.39, 0.29) is 46.1 Å². The number of likely N-dealkylation sites (N-methyl/N-ethyl adjacent to an activating group) is 1. The van der Waals surface area contributed by atoms with E-state index in [1.807, 2.05) is 0 Å². The van der Waals surface area contributed by atoms with Gasteiger partial charge in [-0.3, -0.25) is 38.7 Å². The summed E-state index contributed by atoms with van der Waals surface area (Å²) in [6, 6.07) is 0. The second-order valence-electron chi connectivity index (χ2n) is 6.23. The SMILES string of the molecule is C.CCNC(=O)CN(CCN(CCN(CC(=O)O)CC(=O)O)CC(=O)O)CC(=O)O. The normalized spacial score (nSPS) is 10.7. The van der Waals surface area contributed by atoms with Gasteiger partial charge in [0.05, 0.1) is 32.7 Å². The van der Waals surface area contributed by atoms with E-state index < -0.39 is 50.1 Å². The van der Waals surface area contributed by atoms with Crippen LogP contribution in [0.2, 0.25) is 0 Å². The molecule has 0 aliphatic heterocycles. The summed E-state index contributed by atoms with van der Waals surface area (Å²) in [6.07, 6.45) is 0. The maximum Gasteiger partial charge on any atom is 0.317 e. The minimum atomic E-state index is -1.22. The first-order chi connectivity index (χ1) is 13.5. The summed E-state index contributed by atoms with van der Waals surface area (Å²) in [5, 5.41) is 38.3. The Morgan fingerprint density at radius 2 is 0.900 bits per heavy atom. The summed E-state index contributed by atoms with van der Waals surface area (Å²) in [6.45, 7) is 0.272. The lowest BCUT2D eigenvalue weighted by atomic mass is 10.3. The molecule has 30 heavy (non-hydrogen) atoms. The van der Waals surface area contributed by atoms with Gasteiger partial charge in [0.15, 0.2) is 0 Å². The molecule has 0 aliphatic carbocycles. The fourth-order valence-electron chi connectivity index (χ4n) is 2.48. The first kappa shape index (κ1) is 29.4. The van der Waals surface area contributed by atoms with Gasteiger partial charge in [0.2, 0.25) is 5.91 Å². The molecule has 0 atom stereocenters. The van der Waals surface area contributed by atoms with Gasteiger partial charge in [-0.1, -0.05) is 7.43 Å². The summed E-state index contributed by atoms with van der Waals surface area (Å²) in [7, 11) is 0. The average molecular weight is 436 g/mol. The van der Waals surface area contributed by atoms with Crippen molar-refractivity contribution in [2.45, 2.75) is 14.4 Å². The van der Waals surface area contributed by atoms with Crippen molar-refractivity contribution in [1.82, 2.24) is 20.0 Å². The standard InChI is InChI=1S/C16H28N4O9.CH4/c1-2-17-12(21)7-19(9-14(24)25)5-3-18(8-13(22)23)4-6-20(10-15(26)27)11-16(28)29;/h2-11H2,1H3,(H,17,21)(H,22,23)(H,24,25)(H,26,27)(H,28,29);1H4. The molecule has 0 rings (SSSR count). The van der Waals surface area contributed by atoms with Crippen molar-refractivity contribution in [2.24, 2.45) is 0 Å². The van der Waals surface area contributed by atoms with E-state index in [9.17, 15) is 24.0 Å². The molecule has 1 amide bonds. The third-order valence-electron chi connectivity index (χ3n) is 3.64. The fraction of sp³-hybridized carbons (Fsp3) is 0.706. The predicted octanol–water partition coefficient (Wildman–Crippen LogP) is -2.00. The molecule has 0 unspecified atom stereocenters. The fourth-order valence-corrected chi connectivity index (χ4v) is 2.48. The molecule has 0 spiro atoms. The molecule has 0 radical (unpaired) electrons. The van der Waals surface area contributed by atoms with Gasteiger partial charge in [0, 0.05) is 32.7 Å². The molecule has 0 heterocycles. The molecule has 13 heteroatoms. The topological polar surface area (TPSA) is 188 Å². The number of aliphatic carboxylic acids is 4. The van der Waals surface area contributed by atoms with Gasteiger partial charge in [0.1, 0.15) is 0 Å². The third-order valence-corrected chi connectivity index (χ3v) is 3.64. The number of nitrogens with zero attached hydrogens (tertiary/aromatic N) is 3. The Morgan fingerprint density at radius 1 is 0.600 bits per heavy atom. The van der Waals surface area contributed by atoms with Gasteiger partial charge in [0.25, 0.3) is 0 Å². The number of carbonyl (C=O) groups excluding carboxylic acids is 1. The molecule has 174 valence electrons. The largest absolute Gasteiger partial charge is 0.480 e. The minimum absolute atomic E-state index is 0. The number of rotatable bonds is 17. The first-order valence-electron chi connectivity index (χ1n) is 8.84. The Hall–Kier alpha value is -2.77. The lowest BCUT2D eigenvalue weighted by Gasteiger charge is -2.27. The van der Waals surface area contributed by atoms with Crippen molar-refractivity contribution in [3.8, 4) is 0 Å². The van der Waals surface area contributed by atoms with Crippen molar-refractivity contribution in [3.63, 3.8) is 0 Å². The zero-order chi connectivity index (χ0) is 22.4. The lowest BCUT2D eigenvalue weighted by Crippen LogP contribution is -2.46. The monoisotopic (exact) mass is 436 g/mol. The quantitative estimate of drug-likeness (QED) is 0.169. The highest BCUT2D eigenvalue weighted by atomic mass is 16.4. The summed E-state index contributed by atoms with van der Waals surface area (Å²) in [5.41, 5.74) is 0. The van der Waals surface area contributed by atoms with E-state index in [0.29, 0.717) is 6.54 Å². The number of nitrogens with one attached hydrogen (secondary N) is 1. The van der Waals surface area contributed by atoms with Crippen molar-refractivity contribution in [1.29, 1.82) is 0 Å². The number of carboxylic acid groups (broad SMARTS) is 4. The number of hydrogen-bond acceptors (Lipinski definition) is 8. The second-order valence-corrected chi connectivity index (χ2v) is 6.23. The molecule has 0 bridgehead atoms. The van der Waals surface area contributed by atoms with E-state index in [4.69, 9.17) is 20.4 Å². The first-order valence-corrected chi connectivity index (χ1v) is 8.84. The van der Waals surface area contributed by atoms with Gasteiger partial charge >= 0.3 is 23.9 Å². The van der Waals surface area contributed by atoms with E-state index >= 15 is 0 Å². The number of carboxylic acids is 4. The van der Waals surface area contributed by atoms with Crippen LogP contribution in [-0.2, 0) is 24.0 Å². The summed E-state index contributed by atoms with van der Waals surface area (Å²) >= 11 is 0. The van der Waals surface area contributed by atoms with Crippen LogP contribution in [0.4, 0.5) is 0 Å². The molecule has 0 aromatic carbocycles. The molecule has 0 aliphatic rings. The smallest absolute Gasteiger partial charge is 0.317 e. The van der Waals surface area contributed by atoms with Gasteiger partial charge in [-0.15, -0.1) is 0 Å². The van der Waals surface area contributed by atoms with Gasteiger partial charge in [-0.2, -0.15) is 0 Å². The van der Waals surface area contributed by atoms with Crippen LogP contribution in [0.15, 0.2) is 0 Å². The third kappa shape index (κ3) is 16.2. The van der Waals surface area contributed by atoms with Crippen LogP contribution in [0.5, 0.6) is 0 Å². The Labute approximate surface area is 174 Å². The minimum Gasteiger partial charge on any atom is -0.480 e. The zero-order valence-corrected chi connectivity index (χ0v) is 16.2. The molecule has 0 fully saturated rings. The molecule has 5 N–H and O–H groups in total. The van der Waals surface area contributed by atoms with Crippen molar-refractivity contribution < 1.29 is 44.4 Å².